The van der Waals surface area contributed by atoms with Gasteiger partial charge in [0.05, 0.1) is 17.7 Å². The Morgan fingerprint density at radius 3 is 2.94 bits per heavy atom. The minimum atomic E-state index is -0.680. The van der Waals surface area contributed by atoms with Crippen molar-refractivity contribution in [3.05, 3.63) is 15.0 Å². The SMILES string of the molecule is CC1(C)C[C@@H](CO)[C@](N)(c2nc(Br)cs2)CO1. The molecule has 1 saturated heterocycles. The van der Waals surface area contributed by atoms with E-state index in [0.29, 0.717) is 6.61 Å². The molecule has 1 aromatic rings. The van der Waals surface area contributed by atoms with Crippen molar-refractivity contribution in [2.24, 2.45) is 11.7 Å². The van der Waals surface area contributed by atoms with Crippen LogP contribution < -0.4 is 5.73 Å². The van der Waals surface area contributed by atoms with E-state index >= 15 is 0 Å². The van der Waals surface area contributed by atoms with Gasteiger partial charge in [0.25, 0.3) is 0 Å². The van der Waals surface area contributed by atoms with E-state index in [2.05, 4.69) is 20.9 Å². The van der Waals surface area contributed by atoms with Gasteiger partial charge in [0.1, 0.15) is 9.61 Å². The van der Waals surface area contributed by atoms with Crippen molar-refractivity contribution >= 4 is 27.3 Å². The van der Waals surface area contributed by atoms with E-state index in [9.17, 15) is 5.11 Å². The van der Waals surface area contributed by atoms with Crippen molar-refractivity contribution in [3.63, 3.8) is 0 Å². The highest BCUT2D eigenvalue weighted by atomic mass is 79.9. The highest BCUT2D eigenvalue weighted by molar-refractivity contribution is 9.10. The zero-order chi connectivity index (χ0) is 12.7. The summed E-state index contributed by atoms with van der Waals surface area (Å²) in [5.74, 6) is -0.0238. The van der Waals surface area contributed by atoms with Crippen LogP contribution in [0.25, 0.3) is 0 Å². The summed E-state index contributed by atoms with van der Waals surface area (Å²) in [6.45, 7) is 4.49. The molecule has 1 aliphatic heterocycles. The van der Waals surface area contributed by atoms with Crippen molar-refractivity contribution in [3.8, 4) is 0 Å². The first-order valence-corrected chi connectivity index (χ1v) is 7.20. The molecular weight excluding hydrogens is 304 g/mol. The number of rotatable bonds is 2. The van der Waals surface area contributed by atoms with Gasteiger partial charge in [-0.25, -0.2) is 4.98 Å². The molecule has 96 valence electrons. The quantitative estimate of drug-likeness (QED) is 0.872. The average molecular weight is 321 g/mol. The van der Waals surface area contributed by atoms with Gasteiger partial charge in [0, 0.05) is 17.9 Å². The van der Waals surface area contributed by atoms with Gasteiger partial charge in [-0.3, -0.25) is 0 Å². The minimum Gasteiger partial charge on any atom is -0.396 e. The number of halogens is 1. The molecule has 2 rings (SSSR count). The van der Waals surface area contributed by atoms with Crippen LogP contribution in [0.4, 0.5) is 0 Å². The first kappa shape index (κ1) is 13.4. The molecule has 1 fully saturated rings. The monoisotopic (exact) mass is 320 g/mol. The van der Waals surface area contributed by atoms with Gasteiger partial charge in [-0.05, 0) is 36.2 Å². The second kappa shape index (κ2) is 4.59. The number of hydrogen-bond donors (Lipinski definition) is 2. The highest BCUT2D eigenvalue weighted by Crippen LogP contribution is 2.41. The van der Waals surface area contributed by atoms with Crippen molar-refractivity contribution in [2.75, 3.05) is 13.2 Å². The summed E-state index contributed by atoms with van der Waals surface area (Å²) in [7, 11) is 0. The van der Waals surface area contributed by atoms with Crippen LogP contribution in [-0.2, 0) is 10.3 Å². The molecule has 3 N–H and O–H groups in total. The summed E-state index contributed by atoms with van der Waals surface area (Å²) in [4.78, 5) is 4.37. The predicted octanol–water partition coefficient (Wildman–Crippen LogP) is 1.87. The molecule has 0 saturated carbocycles. The first-order chi connectivity index (χ1) is 7.87. The van der Waals surface area contributed by atoms with Crippen LogP contribution in [0.5, 0.6) is 0 Å². The highest BCUT2D eigenvalue weighted by Gasteiger charge is 2.47. The predicted molar refractivity (Wildman–Crippen MR) is 70.9 cm³/mol. The van der Waals surface area contributed by atoms with Crippen molar-refractivity contribution in [1.29, 1.82) is 0 Å². The Labute approximate surface area is 113 Å². The van der Waals surface area contributed by atoms with Crippen molar-refractivity contribution < 1.29 is 9.84 Å². The first-order valence-electron chi connectivity index (χ1n) is 5.52. The van der Waals surface area contributed by atoms with E-state index < -0.39 is 5.54 Å². The van der Waals surface area contributed by atoms with Crippen LogP contribution in [0.2, 0.25) is 0 Å². The topological polar surface area (TPSA) is 68.4 Å². The minimum absolute atomic E-state index is 0.0238. The Morgan fingerprint density at radius 2 is 2.41 bits per heavy atom. The largest absolute Gasteiger partial charge is 0.396 e. The molecule has 4 nitrogen and oxygen atoms in total. The molecule has 0 amide bonds. The zero-order valence-electron chi connectivity index (χ0n) is 9.94. The van der Waals surface area contributed by atoms with E-state index in [0.717, 1.165) is 16.0 Å². The third-order valence-electron chi connectivity index (χ3n) is 3.26. The standard InChI is InChI=1S/C11H17BrN2O2S/c1-10(2)3-7(4-15)11(13,6-16-10)9-14-8(12)5-17-9/h5,7,15H,3-4,6,13H2,1-2H3/t7-,11-/m0/s1. The van der Waals surface area contributed by atoms with Crippen molar-refractivity contribution in [2.45, 2.75) is 31.4 Å². The molecule has 2 atom stereocenters. The number of nitrogens with zero attached hydrogens (tertiary/aromatic N) is 1. The van der Waals surface area contributed by atoms with E-state index in [4.69, 9.17) is 10.5 Å². The second-order valence-electron chi connectivity index (χ2n) is 5.15. The lowest BCUT2D eigenvalue weighted by Crippen LogP contribution is -2.57. The van der Waals surface area contributed by atoms with Crippen LogP contribution in [0.3, 0.4) is 0 Å². The lowest BCUT2D eigenvalue weighted by molar-refractivity contribution is -0.124. The molecule has 0 radical (unpaired) electrons. The smallest absolute Gasteiger partial charge is 0.117 e. The van der Waals surface area contributed by atoms with Crippen LogP contribution in [0, 0.1) is 5.92 Å². The molecule has 0 aromatic carbocycles. The Hall–Kier alpha value is -0.0100. The van der Waals surface area contributed by atoms with Gasteiger partial charge in [-0.2, -0.15) is 0 Å². The summed E-state index contributed by atoms with van der Waals surface area (Å²) < 4.78 is 6.57. The fraction of sp³-hybridized carbons (Fsp3) is 0.727. The van der Waals surface area contributed by atoms with E-state index in [1.165, 1.54) is 11.3 Å². The molecule has 17 heavy (non-hydrogen) atoms. The molecular formula is C11H17BrN2O2S. The molecule has 1 aromatic heterocycles. The van der Waals surface area contributed by atoms with Crippen LogP contribution in [0.15, 0.2) is 9.98 Å². The summed E-state index contributed by atoms with van der Waals surface area (Å²) in [5, 5.41) is 12.3. The number of ether oxygens (including phenoxy) is 1. The normalized spacial score (nSPS) is 32.6. The van der Waals surface area contributed by atoms with Gasteiger partial charge < -0.3 is 15.6 Å². The maximum Gasteiger partial charge on any atom is 0.117 e. The third-order valence-corrected chi connectivity index (χ3v) is 5.01. The summed E-state index contributed by atoms with van der Waals surface area (Å²) in [6, 6.07) is 0. The van der Waals surface area contributed by atoms with E-state index in [1.807, 2.05) is 19.2 Å². The van der Waals surface area contributed by atoms with Gasteiger partial charge in [-0.15, -0.1) is 11.3 Å². The zero-order valence-corrected chi connectivity index (χ0v) is 12.3. The number of aliphatic hydroxyl groups is 1. The number of hydrogen-bond acceptors (Lipinski definition) is 5. The number of nitrogens with two attached hydrogens (primary N) is 1. The fourth-order valence-corrected chi connectivity index (χ4v) is 3.63. The van der Waals surface area contributed by atoms with E-state index in [-0.39, 0.29) is 18.1 Å². The number of aliphatic hydroxyl groups excluding tert-OH is 1. The summed E-state index contributed by atoms with van der Waals surface area (Å²) in [6.07, 6.45) is 0.733. The lowest BCUT2D eigenvalue weighted by atomic mass is 9.76. The summed E-state index contributed by atoms with van der Waals surface area (Å²) >= 11 is 4.83. The molecule has 2 heterocycles. The van der Waals surface area contributed by atoms with Gasteiger partial charge in [-0.1, -0.05) is 0 Å². The van der Waals surface area contributed by atoms with Crippen LogP contribution in [0.1, 0.15) is 25.3 Å². The fourth-order valence-electron chi connectivity index (χ4n) is 2.20. The van der Waals surface area contributed by atoms with Gasteiger partial charge >= 0.3 is 0 Å². The Bertz CT molecular complexity index is 410. The van der Waals surface area contributed by atoms with Crippen LogP contribution >= 0.6 is 27.3 Å². The third kappa shape index (κ3) is 2.56. The number of aromatic nitrogens is 1. The molecule has 0 unspecified atom stereocenters. The molecule has 1 aliphatic rings. The van der Waals surface area contributed by atoms with Gasteiger partial charge in [0.2, 0.25) is 0 Å². The van der Waals surface area contributed by atoms with Crippen LogP contribution in [-0.4, -0.2) is 28.9 Å². The Kier molecular flexibility index (Phi) is 3.62. The average Bonchev–Trinajstić information content (AvgIpc) is 2.69. The lowest BCUT2D eigenvalue weighted by Gasteiger charge is -2.45. The maximum atomic E-state index is 9.56. The molecule has 6 heteroatoms. The number of thiazole rings is 1. The van der Waals surface area contributed by atoms with Gasteiger partial charge in [0.15, 0.2) is 0 Å². The van der Waals surface area contributed by atoms with E-state index in [1.54, 1.807) is 0 Å². The Balaban J connectivity index is 2.30. The second-order valence-corrected chi connectivity index (χ2v) is 6.82. The maximum absolute atomic E-state index is 9.56. The summed E-state index contributed by atoms with van der Waals surface area (Å²) in [5.41, 5.74) is 5.50. The molecule has 0 spiro atoms. The molecule has 0 bridgehead atoms. The molecule has 0 aliphatic carbocycles. The van der Waals surface area contributed by atoms with Crippen molar-refractivity contribution in [1.82, 2.24) is 4.98 Å². The Morgan fingerprint density at radius 1 is 1.71 bits per heavy atom.